The Morgan fingerprint density at radius 3 is 2.60 bits per heavy atom. The quantitative estimate of drug-likeness (QED) is 0.637. The van der Waals surface area contributed by atoms with Gasteiger partial charge in [0.15, 0.2) is 11.4 Å². The van der Waals surface area contributed by atoms with E-state index < -0.39 is 34.5 Å². The number of Topliss-reactive ketones (excluding diaryl/α,β-unsaturated/α-hetero) is 1. The van der Waals surface area contributed by atoms with Crippen molar-refractivity contribution in [3.8, 4) is 0 Å². The molecule has 102 valence electrons. The van der Waals surface area contributed by atoms with Crippen molar-refractivity contribution in [3.63, 3.8) is 0 Å². The molecule has 2 aromatic rings. The Balaban J connectivity index is 2.05. The van der Waals surface area contributed by atoms with Crippen molar-refractivity contribution in [1.82, 2.24) is 9.97 Å². The molecule has 0 bridgehead atoms. The second-order valence-electron chi connectivity index (χ2n) is 4.29. The fraction of sp³-hybridized carbons (Fsp3) is 0.154. The first-order valence-electron chi connectivity index (χ1n) is 5.64. The second kappa shape index (κ2) is 4.38. The average Bonchev–Trinajstić information content (AvgIpc) is 3.20. The maximum atomic E-state index is 13.8. The van der Waals surface area contributed by atoms with Gasteiger partial charge in [0.05, 0.1) is 12.8 Å². The van der Waals surface area contributed by atoms with E-state index in [4.69, 9.17) is 4.74 Å². The number of carbonyl (C=O) groups is 1. The predicted molar refractivity (Wildman–Crippen MR) is 60.3 cm³/mol. The minimum Gasteiger partial charge on any atom is -0.356 e. The molecule has 1 saturated heterocycles. The number of rotatable bonds is 3. The molecule has 3 rings (SSSR count). The van der Waals surface area contributed by atoms with Crippen LogP contribution in [0.1, 0.15) is 16.1 Å². The predicted octanol–water partition coefficient (Wildman–Crippen LogP) is 2.00. The number of epoxide rings is 1. The number of aromatic nitrogens is 2. The largest absolute Gasteiger partial charge is 0.356 e. The zero-order valence-corrected chi connectivity index (χ0v) is 9.94. The Hall–Kier alpha value is -2.28. The van der Waals surface area contributed by atoms with Crippen LogP contribution >= 0.6 is 0 Å². The van der Waals surface area contributed by atoms with E-state index in [1.807, 2.05) is 0 Å². The Morgan fingerprint density at radius 1 is 1.25 bits per heavy atom. The van der Waals surface area contributed by atoms with E-state index in [9.17, 15) is 18.0 Å². The summed E-state index contributed by atoms with van der Waals surface area (Å²) >= 11 is 0. The van der Waals surface area contributed by atoms with Gasteiger partial charge in [0.1, 0.15) is 23.7 Å². The first-order valence-corrected chi connectivity index (χ1v) is 5.64. The molecule has 0 radical (unpaired) electrons. The highest BCUT2D eigenvalue weighted by Crippen LogP contribution is 2.42. The molecular formula is C13H7F3N2O2. The Kier molecular flexibility index (Phi) is 2.79. The molecule has 2 heterocycles. The third-order valence-corrected chi connectivity index (χ3v) is 3.05. The van der Waals surface area contributed by atoms with Gasteiger partial charge in [-0.25, -0.2) is 23.1 Å². The van der Waals surface area contributed by atoms with E-state index in [-0.39, 0.29) is 12.2 Å². The third-order valence-electron chi connectivity index (χ3n) is 3.05. The summed E-state index contributed by atoms with van der Waals surface area (Å²) in [6.07, 6.45) is 1.84. The fourth-order valence-corrected chi connectivity index (χ4v) is 1.97. The molecule has 0 amide bonds. The highest BCUT2D eigenvalue weighted by molar-refractivity contribution is 6.03. The number of ketones is 1. The van der Waals surface area contributed by atoms with Crippen LogP contribution in [0.25, 0.3) is 0 Å². The van der Waals surface area contributed by atoms with Crippen molar-refractivity contribution in [3.05, 3.63) is 59.4 Å². The first-order chi connectivity index (χ1) is 9.54. The van der Waals surface area contributed by atoms with Crippen LogP contribution in [0.2, 0.25) is 0 Å². The number of benzene rings is 1. The lowest BCUT2D eigenvalue weighted by molar-refractivity contribution is 0.0856. The maximum absolute atomic E-state index is 13.8. The van der Waals surface area contributed by atoms with Gasteiger partial charge in [-0.05, 0) is 12.1 Å². The van der Waals surface area contributed by atoms with Crippen LogP contribution < -0.4 is 0 Å². The number of hydrogen-bond donors (Lipinski definition) is 0. The standard InChI is InChI=1S/C13H7F3N2O2/c14-7-1-2-8(9(15)3-7)13(5-20-13)12(19)11-10(16)4-17-6-18-11/h1-4,6H,5H2/t13-/m0/s1. The van der Waals surface area contributed by atoms with Crippen LogP contribution in [0.15, 0.2) is 30.7 Å². The molecule has 0 spiro atoms. The summed E-state index contributed by atoms with van der Waals surface area (Å²) in [6, 6.07) is 2.75. The van der Waals surface area contributed by atoms with Gasteiger partial charge in [0, 0.05) is 11.6 Å². The molecule has 0 unspecified atom stereocenters. The molecule has 0 saturated carbocycles. The van der Waals surface area contributed by atoms with Gasteiger partial charge >= 0.3 is 0 Å². The van der Waals surface area contributed by atoms with Gasteiger partial charge < -0.3 is 4.74 Å². The smallest absolute Gasteiger partial charge is 0.223 e. The van der Waals surface area contributed by atoms with Crippen molar-refractivity contribution < 1.29 is 22.7 Å². The van der Waals surface area contributed by atoms with Crippen molar-refractivity contribution >= 4 is 5.78 Å². The molecule has 7 heteroatoms. The summed E-state index contributed by atoms with van der Waals surface area (Å²) in [7, 11) is 0. The van der Waals surface area contributed by atoms with E-state index in [0.717, 1.165) is 24.7 Å². The Bertz CT molecular complexity index is 702. The minimum atomic E-state index is -1.63. The molecule has 4 nitrogen and oxygen atoms in total. The van der Waals surface area contributed by atoms with Gasteiger partial charge in [-0.1, -0.05) is 0 Å². The number of hydrogen-bond acceptors (Lipinski definition) is 4. The van der Waals surface area contributed by atoms with E-state index in [1.165, 1.54) is 0 Å². The lowest BCUT2D eigenvalue weighted by Gasteiger charge is -2.12. The molecule has 0 aliphatic carbocycles. The van der Waals surface area contributed by atoms with Crippen molar-refractivity contribution in [2.75, 3.05) is 6.61 Å². The van der Waals surface area contributed by atoms with Crippen molar-refractivity contribution in [2.24, 2.45) is 0 Å². The van der Waals surface area contributed by atoms with Gasteiger partial charge in [-0.2, -0.15) is 0 Å². The minimum absolute atomic E-state index is 0.113. The van der Waals surface area contributed by atoms with E-state index in [1.54, 1.807) is 0 Å². The molecule has 20 heavy (non-hydrogen) atoms. The molecule has 1 aliphatic rings. The summed E-state index contributed by atoms with van der Waals surface area (Å²) in [5, 5.41) is 0. The van der Waals surface area contributed by atoms with Crippen LogP contribution in [0.3, 0.4) is 0 Å². The molecule has 0 N–H and O–H groups in total. The Morgan fingerprint density at radius 2 is 2.00 bits per heavy atom. The van der Waals surface area contributed by atoms with Gasteiger partial charge in [0.25, 0.3) is 0 Å². The summed E-state index contributed by atoms with van der Waals surface area (Å²) in [6.45, 7) is -0.113. The Labute approximate surface area is 111 Å². The molecule has 1 aliphatic heterocycles. The number of ether oxygens (including phenoxy) is 1. The number of nitrogens with zero attached hydrogens (tertiary/aromatic N) is 2. The summed E-state index contributed by atoms with van der Waals surface area (Å²) in [4.78, 5) is 19.2. The topological polar surface area (TPSA) is 55.4 Å². The normalized spacial score (nSPS) is 20.8. The molecule has 1 fully saturated rings. The fourth-order valence-electron chi connectivity index (χ4n) is 1.97. The van der Waals surface area contributed by atoms with E-state index in [2.05, 4.69) is 9.97 Å². The number of halogens is 3. The lowest BCUT2D eigenvalue weighted by Crippen LogP contribution is -2.26. The van der Waals surface area contributed by atoms with Crippen LogP contribution in [-0.4, -0.2) is 22.4 Å². The second-order valence-corrected chi connectivity index (χ2v) is 4.29. The lowest BCUT2D eigenvalue weighted by atomic mass is 9.92. The van der Waals surface area contributed by atoms with Crippen LogP contribution in [0, 0.1) is 17.5 Å². The summed E-state index contributed by atoms with van der Waals surface area (Å²) in [5.41, 5.74) is -2.25. The van der Waals surface area contributed by atoms with E-state index >= 15 is 0 Å². The first kappa shape index (κ1) is 12.7. The average molecular weight is 280 g/mol. The SMILES string of the molecule is O=C(c1ncncc1F)[C@@]1(c2ccc(F)cc2F)CO1. The van der Waals surface area contributed by atoms with E-state index in [0.29, 0.717) is 6.07 Å². The van der Waals surface area contributed by atoms with Crippen molar-refractivity contribution in [1.29, 1.82) is 0 Å². The molecular weight excluding hydrogens is 273 g/mol. The molecule has 1 aromatic carbocycles. The zero-order valence-electron chi connectivity index (χ0n) is 9.94. The van der Waals surface area contributed by atoms with Crippen LogP contribution in [0.4, 0.5) is 13.2 Å². The monoisotopic (exact) mass is 280 g/mol. The number of carbonyl (C=O) groups excluding carboxylic acids is 1. The van der Waals surface area contributed by atoms with Crippen LogP contribution in [-0.2, 0) is 10.3 Å². The summed E-state index contributed by atoms with van der Waals surface area (Å²) < 4.78 is 45.2. The maximum Gasteiger partial charge on any atom is 0.223 e. The van der Waals surface area contributed by atoms with Gasteiger partial charge in [0.2, 0.25) is 5.78 Å². The molecule has 1 atom stereocenters. The zero-order chi connectivity index (χ0) is 14.3. The van der Waals surface area contributed by atoms with Crippen LogP contribution in [0.5, 0.6) is 0 Å². The highest BCUT2D eigenvalue weighted by Gasteiger charge is 2.56. The van der Waals surface area contributed by atoms with Gasteiger partial charge in [-0.15, -0.1) is 0 Å². The van der Waals surface area contributed by atoms with Crippen molar-refractivity contribution in [2.45, 2.75) is 5.60 Å². The van der Waals surface area contributed by atoms with Gasteiger partial charge in [-0.3, -0.25) is 4.79 Å². The highest BCUT2D eigenvalue weighted by atomic mass is 19.1. The third kappa shape index (κ3) is 1.87. The molecule has 1 aromatic heterocycles. The summed E-state index contributed by atoms with van der Waals surface area (Å²) in [5.74, 6) is -3.44.